The van der Waals surface area contributed by atoms with Gasteiger partial charge in [-0.05, 0) is 109 Å². The van der Waals surface area contributed by atoms with Crippen LogP contribution in [0.4, 0.5) is 11.4 Å². The number of rotatable bonds is 34. The van der Waals surface area contributed by atoms with Crippen LogP contribution in [0.15, 0.2) is 109 Å². The predicted molar refractivity (Wildman–Crippen MR) is 360 cm³/mol. The molecule has 0 fully saturated rings. The Bertz CT molecular complexity index is 3180. The number of unbranched alkanes of at least 4 members (excludes halogenated alkanes) is 12. The van der Waals surface area contributed by atoms with E-state index in [1.165, 1.54) is 114 Å². The molecule has 0 aliphatic carbocycles. The van der Waals surface area contributed by atoms with Crippen LogP contribution in [-0.4, -0.2) is 54.6 Å². The molecule has 0 saturated carbocycles. The molecular weight excluding hydrogens is 1030 g/mol. The number of ether oxygens (including phenoxy) is 4. The Kier molecular flexibility index (Phi) is 25.5. The molecule has 0 spiro atoms. The van der Waals surface area contributed by atoms with Crippen molar-refractivity contribution < 1.29 is 18.9 Å². The first kappa shape index (κ1) is 63.4. The van der Waals surface area contributed by atoms with E-state index in [9.17, 15) is 10.5 Å². The standard InChI is InChI=1S/C76H90N4O4/c1-9-13-17-21-45-79(46-22-18-14-10-2)65-39-29-57(30-40-65)25-35-61-51-75(83-7)63(53-73(61)81-5)37-27-59-33-43-67-69(49-59)71(55-77)68-44-34-60(50-70(68)72(67)56-78)28-38-64-54-74(82-6)62(52-76(64)84-8)36-26-58-31-41-66(42-32-58)80(47-23-19-15-11-3)48-24-20-16-12-4/h25-44,49-54H,9-24,45-48H2,1-8H3/b35-25+,36-26+,37-27+,38-28+. The molecule has 0 aliphatic heterocycles. The lowest BCUT2D eigenvalue weighted by molar-refractivity contribution is 0.401. The van der Waals surface area contributed by atoms with E-state index in [1.54, 1.807) is 28.4 Å². The predicted octanol–water partition coefficient (Wildman–Crippen LogP) is 20.4. The number of hydrogen-bond donors (Lipinski definition) is 0. The van der Waals surface area contributed by atoms with Crippen molar-refractivity contribution in [1.82, 2.24) is 0 Å². The maximum absolute atomic E-state index is 10.7. The molecule has 84 heavy (non-hydrogen) atoms. The van der Waals surface area contributed by atoms with Crippen LogP contribution in [-0.2, 0) is 0 Å². The van der Waals surface area contributed by atoms with Crippen molar-refractivity contribution in [3.8, 4) is 35.1 Å². The molecule has 0 N–H and O–H groups in total. The zero-order valence-corrected chi connectivity index (χ0v) is 51.6. The fourth-order valence-electron chi connectivity index (χ4n) is 11.1. The van der Waals surface area contributed by atoms with E-state index in [0.29, 0.717) is 33.4 Å². The molecule has 0 bridgehead atoms. The van der Waals surface area contributed by atoms with Crippen molar-refractivity contribution in [2.24, 2.45) is 0 Å². The summed E-state index contributed by atoms with van der Waals surface area (Å²) in [7, 11) is 6.72. The molecule has 0 unspecified atom stereocenters. The fourth-order valence-corrected chi connectivity index (χ4v) is 11.1. The average molecular weight is 1120 g/mol. The number of hydrogen-bond acceptors (Lipinski definition) is 8. The largest absolute Gasteiger partial charge is 0.496 e. The zero-order valence-electron chi connectivity index (χ0n) is 51.6. The normalized spacial score (nSPS) is 11.6. The first-order chi connectivity index (χ1) is 41.2. The van der Waals surface area contributed by atoms with E-state index < -0.39 is 0 Å². The van der Waals surface area contributed by atoms with Gasteiger partial charge in [-0.25, -0.2) is 0 Å². The third-order valence-electron chi connectivity index (χ3n) is 16.0. The van der Waals surface area contributed by atoms with Crippen LogP contribution in [0.3, 0.4) is 0 Å². The van der Waals surface area contributed by atoms with Crippen LogP contribution < -0.4 is 28.7 Å². The van der Waals surface area contributed by atoms with Gasteiger partial charge in [-0.1, -0.05) is 202 Å². The quantitative estimate of drug-likeness (QED) is 0.0224. The van der Waals surface area contributed by atoms with Crippen molar-refractivity contribution in [3.05, 3.63) is 165 Å². The minimum atomic E-state index is 0.514. The highest BCUT2D eigenvalue weighted by molar-refractivity contribution is 6.10. The van der Waals surface area contributed by atoms with Gasteiger partial charge in [0, 0.05) is 81.4 Å². The van der Waals surface area contributed by atoms with Gasteiger partial charge in [0.2, 0.25) is 0 Å². The SMILES string of the molecule is CCCCCCN(CCCCCC)c1ccc(/C=C/c2cc(OC)c(/C=C/c3ccc4c(C#N)c5cc(/C=C/c6cc(OC)c(/C=C/c7ccc(N(CCCCCC)CCCCCC)cc7)cc6OC)ccc5c(C#N)c4c3)cc2OC)cc1. The van der Waals surface area contributed by atoms with Crippen molar-refractivity contribution in [1.29, 1.82) is 10.5 Å². The Morgan fingerprint density at radius 3 is 0.857 bits per heavy atom. The van der Waals surface area contributed by atoms with Crippen LogP contribution in [0.25, 0.3) is 70.2 Å². The van der Waals surface area contributed by atoms with Gasteiger partial charge in [-0.2, -0.15) is 10.5 Å². The molecule has 8 nitrogen and oxygen atoms in total. The number of anilines is 2. The van der Waals surface area contributed by atoms with E-state index >= 15 is 0 Å². The molecule has 0 amide bonds. The minimum absolute atomic E-state index is 0.514. The fraction of sp³-hybridized carbons (Fsp3) is 0.368. The van der Waals surface area contributed by atoms with E-state index in [1.807, 2.05) is 85.0 Å². The molecule has 438 valence electrons. The zero-order chi connectivity index (χ0) is 59.5. The minimum Gasteiger partial charge on any atom is -0.496 e. The summed E-state index contributed by atoms with van der Waals surface area (Å²) in [6.07, 6.45) is 36.5. The molecule has 0 saturated heterocycles. The molecular formula is C76H90N4O4. The molecule has 0 atom stereocenters. The van der Waals surface area contributed by atoms with Gasteiger partial charge in [0.05, 0.1) is 39.6 Å². The molecule has 7 aromatic rings. The summed E-state index contributed by atoms with van der Waals surface area (Å²) in [6.45, 7) is 13.5. The van der Waals surface area contributed by atoms with Crippen LogP contribution in [0, 0.1) is 22.7 Å². The average Bonchev–Trinajstić information content (AvgIpc) is 3.57. The van der Waals surface area contributed by atoms with Gasteiger partial charge in [-0.3, -0.25) is 0 Å². The smallest absolute Gasteiger partial charge is 0.126 e. The Morgan fingerprint density at radius 2 is 0.595 bits per heavy atom. The Hall–Kier alpha value is -8.20. The second kappa shape index (κ2) is 33.8. The third-order valence-corrected chi connectivity index (χ3v) is 16.0. The van der Waals surface area contributed by atoms with Crippen LogP contribution in [0.5, 0.6) is 23.0 Å². The van der Waals surface area contributed by atoms with Gasteiger partial charge in [0.1, 0.15) is 35.1 Å². The third kappa shape index (κ3) is 17.4. The molecule has 7 aromatic carbocycles. The summed E-state index contributed by atoms with van der Waals surface area (Å²) < 4.78 is 23.7. The van der Waals surface area contributed by atoms with Gasteiger partial charge in [-0.15, -0.1) is 0 Å². The summed E-state index contributed by atoms with van der Waals surface area (Å²) >= 11 is 0. The number of benzene rings is 7. The Labute approximate surface area is 503 Å². The summed E-state index contributed by atoms with van der Waals surface area (Å²) in [5.41, 5.74) is 11.1. The van der Waals surface area contributed by atoms with E-state index in [0.717, 1.165) is 93.0 Å². The first-order valence-electron chi connectivity index (χ1n) is 31.0. The highest BCUT2D eigenvalue weighted by atomic mass is 16.5. The summed E-state index contributed by atoms with van der Waals surface area (Å²) in [6, 6.07) is 42.6. The highest BCUT2D eigenvalue weighted by Crippen LogP contribution is 2.37. The van der Waals surface area contributed by atoms with Gasteiger partial charge in [0.25, 0.3) is 0 Å². The molecule has 8 heteroatoms. The van der Waals surface area contributed by atoms with Crippen molar-refractivity contribution in [2.45, 2.75) is 130 Å². The maximum Gasteiger partial charge on any atom is 0.126 e. The number of nitrogens with zero attached hydrogens (tertiary/aromatic N) is 4. The second-order valence-corrected chi connectivity index (χ2v) is 22.0. The Morgan fingerprint density at radius 1 is 0.321 bits per heavy atom. The molecule has 0 aromatic heterocycles. The number of nitriles is 2. The second-order valence-electron chi connectivity index (χ2n) is 22.0. The summed E-state index contributed by atoms with van der Waals surface area (Å²) in [4.78, 5) is 5.13. The van der Waals surface area contributed by atoms with Crippen molar-refractivity contribution >= 4 is 81.5 Å². The monoisotopic (exact) mass is 1120 g/mol. The molecule has 7 rings (SSSR count). The number of methoxy groups -OCH3 is 4. The lowest BCUT2D eigenvalue weighted by Crippen LogP contribution is -2.25. The first-order valence-corrected chi connectivity index (χ1v) is 31.0. The lowest BCUT2D eigenvalue weighted by Gasteiger charge is -2.25. The van der Waals surface area contributed by atoms with Crippen LogP contribution in [0.1, 0.15) is 186 Å². The topological polar surface area (TPSA) is 91.0 Å². The van der Waals surface area contributed by atoms with Crippen LogP contribution in [0.2, 0.25) is 0 Å². The van der Waals surface area contributed by atoms with Crippen molar-refractivity contribution in [3.63, 3.8) is 0 Å². The van der Waals surface area contributed by atoms with E-state index in [4.69, 9.17) is 18.9 Å². The van der Waals surface area contributed by atoms with Crippen molar-refractivity contribution in [2.75, 3.05) is 64.4 Å². The number of fused-ring (bicyclic) bond motifs is 2. The van der Waals surface area contributed by atoms with E-state index in [-0.39, 0.29) is 0 Å². The van der Waals surface area contributed by atoms with Gasteiger partial charge < -0.3 is 28.7 Å². The molecule has 0 aliphatic rings. The lowest BCUT2D eigenvalue weighted by atomic mass is 9.90. The Balaban J connectivity index is 1.07. The van der Waals surface area contributed by atoms with E-state index in [2.05, 4.69) is 122 Å². The summed E-state index contributed by atoms with van der Waals surface area (Å²) in [5.74, 6) is 2.84. The molecule has 0 radical (unpaired) electrons. The van der Waals surface area contributed by atoms with Gasteiger partial charge >= 0.3 is 0 Å². The maximum atomic E-state index is 10.7. The molecule has 0 heterocycles. The van der Waals surface area contributed by atoms with Crippen LogP contribution >= 0.6 is 0 Å². The summed E-state index contributed by atoms with van der Waals surface area (Å²) in [5, 5.41) is 24.3. The van der Waals surface area contributed by atoms with Gasteiger partial charge in [0.15, 0.2) is 0 Å². The highest BCUT2D eigenvalue weighted by Gasteiger charge is 2.17.